The van der Waals surface area contributed by atoms with Crippen molar-refractivity contribution in [3.8, 4) is 5.75 Å². The summed E-state index contributed by atoms with van der Waals surface area (Å²) >= 11 is 3.61. The van der Waals surface area contributed by atoms with Gasteiger partial charge < -0.3 is 10.0 Å². The van der Waals surface area contributed by atoms with Gasteiger partial charge in [-0.25, -0.2) is 4.98 Å². The number of anilines is 1. The van der Waals surface area contributed by atoms with E-state index in [9.17, 15) is 5.11 Å². The Balaban J connectivity index is 2.10. The second-order valence-electron chi connectivity index (χ2n) is 5.04. The van der Waals surface area contributed by atoms with Crippen LogP contribution in [0, 0.1) is 0 Å². The molecule has 4 heteroatoms. The van der Waals surface area contributed by atoms with Crippen molar-refractivity contribution in [3.05, 3.63) is 30.5 Å². The Morgan fingerprint density at radius 3 is 3.05 bits per heavy atom. The Kier molecular flexibility index (Phi) is 3.60. The fourth-order valence-corrected chi connectivity index (χ4v) is 3.48. The monoisotopic (exact) mass is 320 g/mol. The van der Waals surface area contributed by atoms with Gasteiger partial charge >= 0.3 is 0 Å². The summed E-state index contributed by atoms with van der Waals surface area (Å²) in [4.78, 5) is 6.94. The van der Waals surface area contributed by atoms with Crippen molar-refractivity contribution in [1.29, 1.82) is 0 Å². The van der Waals surface area contributed by atoms with Gasteiger partial charge in [-0.15, -0.1) is 0 Å². The summed E-state index contributed by atoms with van der Waals surface area (Å²) in [7, 11) is 0. The van der Waals surface area contributed by atoms with E-state index in [2.05, 4.69) is 25.8 Å². The van der Waals surface area contributed by atoms with Crippen molar-refractivity contribution in [2.45, 2.75) is 25.3 Å². The van der Waals surface area contributed by atoms with Gasteiger partial charge in [-0.3, -0.25) is 0 Å². The minimum Gasteiger partial charge on any atom is -0.508 e. The number of aromatic hydroxyl groups is 1. The summed E-state index contributed by atoms with van der Waals surface area (Å²) in [5.41, 5.74) is 0. The molecule has 0 radical (unpaired) electrons. The summed E-state index contributed by atoms with van der Waals surface area (Å²) in [6.07, 6.45) is 5.54. The van der Waals surface area contributed by atoms with E-state index in [1.54, 1.807) is 6.07 Å². The molecule has 2 heterocycles. The predicted octanol–water partition coefficient (Wildman–Crippen LogP) is 3.69. The number of fused-ring (bicyclic) bond motifs is 1. The number of aromatic nitrogens is 1. The van der Waals surface area contributed by atoms with Gasteiger partial charge in [0.15, 0.2) is 0 Å². The Morgan fingerprint density at radius 2 is 2.21 bits per heavy atom. The predicted molar refractivity (Wildman–Crippen MR) is 82.2 cm³/mol. The van der Waals surface area contributed by atoms with Gasteiger partial charge in [0.1, 0.15) is 11.6 Å². The fraction of sp³-hybridized carbons (Fsp3) is 0.400. The fourth-order valence-electron chi connectivity index (χ4n) is 2.81. The number of hydrogen-bond donors (Lipinski definition) is 1. The van der Waals surface area contributed by atoms with E-state index in [0.717, 1.165) is 28.5 Å². The number of phenols is 1. The van der Waals surface area contributed by atoms with E-state index < -0.39 is 0 Å². The van der Waals surface area contributed by atoms with Crippen LogP contribution in [0.4, 0.5) is 5.82 Å². The smallest absolute Gasteiger partial charge is 0.136 e. The lowest BCUT2D eigenvalue weighted by molar-refractivity contribution is 0.475. The first-order chi connectivity index (χ1) is 9.29. The number of phenolic OH excluding ortho intramolecular Hbond substituents is 1. The highest BCUT2D eigenvalue weighted by Crippen LogP contribution is 2.32. The summed E-state index contributed by atoms with van der Waals surface area (Å²) < 4.78 is 0. The number of piperidine rings is 1. The highest BCUT2D eigenvalue weighted by atomic mass is 79.9. The molecule has 0 aliphatic carbocycles. The van der Waals surface area contributed by atoms with E-state index in [1.165, 1.54) is 19.3 Å². The summed E-state index contributed by atoms with van der Waals surface area (Å²) in [5, 5.41) is 12.8. The molecule has 19 heavy (non-hydrogen) atoms. The number of pyridine rings is 1. The van der Waals surface area contributed by atoms with Gasteiger partial charge in [0, 0.05) is 29.5 Å². The molecule has 1 saturated heterocycles. The molecule has 100 valence electrons. The van der Waals surface area contributed by atoms with Crippen molar-refractivity contribution >= 4 is 32.5 Å². The van der Waals surface area contributed by atoms with Gasteiger partial charge in [-0.05, 0) is 42.8 Å². The zero-order valence-electron chi connectivity index (χ0n) is 10.7. The molecule has 2 aromatic rings. The largest absolute Gasteiger partial charge is 0.508 e. The first kappa shape index (κ1) is 12.7. The van der Waals surface area contributed by atoms with Crippen molar-refractivity contribution in [1.82, 2.24) is 4.98 Å². The van der Waals surface area contributed by atoms with Gasteiger partial charge in [0.05, 0.1) is 0 Å². The van der Waals surface area contributed by atoms with Crippen LogP contribution in [0.25, 0.3) is 10.8 Å². The molecule has 3 nitrogen and oxygen atoms in total. The van der Waals surface area contributed by atoms with Crippen LogP contribution in [0.15, 0.2) is 30.5 Å². The average molecular weight is 321 g/mol. The van der Waals surface area contributed by atoms with Crippen molar-refractivity contribution in [2.75, 3.05) is 16.8 Å². The zero-order chi connectivity index (χ0) is 13.2. The van der Waals surface area contributed by atoms with Crippen LogP contribution in [0.2, 0.25) is 0 Å². The van der Waals surface area contributed by atoms with Crippen LogP contribution in [0.3, 0.4) is 0 Å². The van der Waals surface area contributed by atoms with Gasteiger partial charge in [0.2, 0.25) is 0 Å². The lowest BCUT2D eigenvalue weighted by atomic mass is 10.0. The van der Waals surface area contributed by atoms with E-state index >= 15 is 0 Å². The highest BCUT2D eigenvalue weighted by molar-refractivity contribution is 9.09. The van der Waals surface area contributed by atoms with Crippen LogP contribution in [-0.2, 0) is 0 Å². The second-order valence-corrected chi connectivity index (χ2v) is 5.68. The molecule has 1 atom stereocenters. The Bertz CT molecular complexity index is 587. The molecule has 1 aromatic carbocycles. The van der Waals surface area contributed by atoms with Crippen LogP contribution in [0.5, 0.6) is 5.75 Å². The molecule has 1 aromatic heterocycles. The zero-order valence-corrected chi connectivity index (χ0v) is 12.3. The van der Waals surface area contributed by atoms with Crippen molar-refractivity contribution in [2.24, 2.45) is 0 Å². The third-order valence-electron chi connectivity index (χ3n) is 3.81. The molecule has 1 N–H and O–H groups in total. The molecule has 1 unspecified atom stereocenters. The molecule has 0 amide bonds. The van der Waals surface area contributed by atoms with Crippen LogP contribution in [0.1, 0.15) is 19.3 Å². The number of halogens is 1. The van der Waals surface area contributed by atoms with Gasteiger partial charge in [-0.1, -0.05) is 22.0 Å². The van der Waals surface area contributed by atoms with Crippen molar-refractivity contribution in [3.63, 3.8) is 0 Å². The summed E-state index contributed by atoms with van der Waals surface area (Å²) in [6.45, 7) is 1.04. The lowest BCUT2D eigenvalue weighted by Crippen LogP contribution is -2.41. The Labute approximate surface area is 121 Å². The van der Waals surface area contributed by atoms with Crippen molar-refractivity contribution < 1.29 is 5.11 Å². The topological polar surface area (TPSA) is 36.4 Å². The normalized spacial score (nSPS) is 19.8. The number of benzene rings is 1. The SMILES string of the molecule is Oc1ccc2ccnc(N3CCCCC3CBr)c2c1. The number of alkyl halides is 1. The first-order valence-corrected chi connectivity index (χ1v) is 7.82. The molecule has 3 rings (SSSR count). The minimum atomic E-state index is 0.300. The van der Waals surface area contributed by atoms with E-state index in [-0.39, 0.29) is 0 Å². The standard InChI is InChI=1S/C15H17BrN2O/c16-10-12-3-1-2-8-18(12)15-14-9-13(19)5-4-11(14)6-7-17-15/h4-7,9,12,19H,1-3,8,10H2. The number of nitrogens with zero attached hydrogens (tertiary/aromatic N) is 2. The maximum atomic E-state index is 9.72. The number of hydrogen-bond acceptors (Lipinski definition) is 3. The van der Waals surface area contributed by atoms with Gasteiger partial charge in [-0.2, -0.15) is 0 Å². The molecule has 1 aliphatic heterocycles. The molecular formula is C15H17BrN2O. The second kappa shape index (κ2) is 5.37. The van der Waals surface area contributed by atoms with E-state index in [0.29, 0.717) is 11.8 Å². The highest BCUT2D eigenvalue weighted by Gasteiger charge is 2.23. The Morgan fingerprint density at radius 1 is 1.32 bits per heavy atom. The molecule has 0 bridgehead atoms. The summed E-state index contributed by atoms with van der Waals surface area (Å²) in [6, 6.07) is 7.98. The first-order valence-electron chi connectivity index (χ1n) is 6.70. The molecule has 1 fully saturated rings. The maximum absolute atomic E-state index is 9.72. The maximum Gasteiger partial charge on any atom is 0.136 e. The Hall–Kier alpha value is -1.29. The molecule has 0 saturated carbocycles. The van der Waals surface area contributed by atoms with Gasteiger partial charge in [0.25, 0.3) is 0 Å². The van der Waals surface area contributed by atoms with E-state index in [1.807, 2.05) is 24.4 Å². The molecule has 0 spiro atoms. The minimum absolute atomic E-state index is 0.300. The average Bonchev–Trinajstić information content (AvgIpc) is 2.46. The van der Waals surface area contributed by atoms with Crippen LogP contribution < -0.4 is 4.90 Å². The van der Waals surface area contributed by atoms with Crippen LogP contribution >= 0.6 is 15.9 Å². The third-order valence-corrected chi connectivity index (χ3v) is 4.55. The van der Waals surface area contributed by atoms with E-state index in [4.69, 9.17) is 0 Å². The molecular weight excluding hydrogens is 304 g/mol. The van der Waals surface area contributed by atoms with Crippen LogP contribution in [-0.4, -0.2) is 28.0 Å². The number of rotatable bonds is 2. The lowest BCUT2D eigenvalue weighted by Gasteiger charge is -2.36. The summed E-state index contributed by atoms with van der Waals surface area (Å²) in [5.74, 6) is 1.30. The third kappa shape index (κ3) is 2.41. The molecule has 1 aliphatic rings. The quantitative estimate of drug-likeness (QED) is 0.857.